The van der Waals surface area contributed by atoms with Gasteiger partial charge in [0.2, 0.25) is 0 Å². The van der Waals surface area contributed by atoms with Gasteiger partial charge in [0.05, 0.1) is 0 Å². The van der Waals surface area contributed by atoms with Crippen molar-refractivity contribution in [3.05, 3.63) is 12.2 Å². The quantitative estimate of drug-likeness (QED) is 0.558. The normalized spacial score (nSPS) is 15.5. The minimum atomic E-state index is -1.65. The lowest BCUT2D eigenvalue weighted by Gasteiger charge is -2.40. The van der Waals surface area contributed by atoms with E-state index in [4.69, 9.17) is 4.74 Å². The molecule has 0 aromatic rings. The standard InChI is InChI=1S/C11H18O4/c1-6-15-11(9(13)14,8(2)7-12)10(3,4)5/h7H,2,6H2,1,3-5H3,(H,13,14). The maximum atomic E-state index is 11.3. The minimum Gasteiger partial charge on any atom is -0.479 e. The van der Waals surface area contributed by atoms with Crippen molar-refractivity contribution in [1.29, 1.82) is 0 Å². The van der Waals surface area contributed by atoms with E-state index in [1.54, 1.807) is 27.7 Å². The molecule has 86 valence electrons. The molecular weight excluding hydrogens is 196 g/mol. The molecule has 0 bridgehead atoms. The first-order valence-electron chi connectivity index (χ1n) is 4.76. The Bertz CT molecular complexity index is 275. The van der Waals surface area contributed by atoms with Crippen molar-refractivity contribution in [2.24, 2.45) is 5.41 Å². The van der Waals surface area contributed by atoms with Crippen LogP contribution >= 0.6 is 0 Å². The number of carbonyl (C=O) groups excluding carboxylic acids is 1. The predicted molar refractivity (Wildman–Crippen MR) is 56.7 cm³/mol. The first kappa shape index (κ1) is 13.8. The molecule has 0 aliphatic rings. The summed E-state index contributed by atoms with van der Waals surface area (Å²) in [5.74, 6) is -1.19. The smallest absolute Gasteiger partial charge is 0.341 e. The lowest BCUT2D eigenvalue weighted by atomic mass is 9.72. The molecule has 0 spiro atoms. The van der Waals surface area contributed by atoms with Crippen LogP contribution in [0.1, 0.15) is 27.7 Å². The second kappa shape index (κ2) is 4.57. The Morgan fingerprint density at radius 3 is 2.13 bits per heavy atom. The summed E-state index contributed by atoms with van der Waals surface area (Å²) >= 11 is 0. The minimum absolute atomic E-state index is 0.0654. The molecule has 0 saturated heterocycles. The Hall–Kier alpha value is -1.16. The molecule has 1 unspecified atom stereocenters. The van der Waals surface area contributed by atoms with Crippen molar-refractivity contribution in [2.45, 2.75) is 33.3 Å². The van der Waals surface area contributed by atoms with Crippen molar-refractivity contribution in [1.82, 2.24) is 0 Å². The molecular formula is C11H18O4. The molecule has 0 amide bonds. The lowest BCUT2D eigenvalue weighted by molar-refractivity contribution is -0.174. The van der Waals surface area contributed by atoms with Crippen LogP contribution in [0.5, 0.6) is 0 Å². The van der Waals surface area contributed by atoms with E-state index in [1.165, 1.54) is 0 Å². The summed E-state index contributed by atoms with van der Waals surface area (Å²) in [7, 11) is 0. The first-order chi connectivity index (χ1) is 6.74. The van der Waals surface area contributed by atoms with Gasteiger partial charge in [0, 0.05) is 17.6 Å². The van der Waals surface area contributed by atoms with Gasteiger partial charge in [0.15, 0.2) is 5.60 Å². The molecule has 0 heterocycles. The van der Waals surface area contributed by atoms with E-state index < -0.39 is 17.0 Å². The van der Waals surface area contributed by atoms with Crippen LogP contribution in [0.2, 0.25) is 0 Å². The number of carboxylic acid groups (broad SMARTS) is 1. The Kier molecular flexibility index (Phi) is 4.22. The summed E-state index contributed by atoms with van der Waals surface area (Å²) in [5, 5.41) is 9.25. The molecule has 15 heavy (non-hydrogen) atoms. The zero-order chi connectivity index (χ0) is 12.3. The molecule has 4 nitrogen and oxygen atoms in total. The third kappa shape index (κ3) is 2.26. The second-order valence-corrected chi connectivity index (χ2v) is 4.31. The van der Waals surface area contributed by atoms with Crippen LogP contribution in [0.15, 0.2) is 12.2 Å². The van der Waals surface area contributed by atoms with Crippen molar-refractivity contribution < 1.29 is 19.4 Å². The van der Waals surface area contributed by atoms with Crippen LogP contribution in [0.3, 0.4) is 0 Å². The second-order valence-electron chi connectivity index (χ2n) is 4.31. The average Bonchev–Trinajstić information content (AvgIpc) is 2.10. The highest BCUT2D eigenvalue weighted by atomic mass is 16.5. The van der Waals surface area contributed by atoms with Gasteiger partial charge in [-0.3, -0.25) is 4.79 Å². The van der Waals surface area contributed by atoms with Gasteiger partial charge in [-0.15, -0.1) is 0 Å². The van der Waals surface area contributed by atoms with Crippen LogP contribution in [0.4, 0.5) is 0 Å². The summed E-state index contributed by atoms with van der Waals surface area (Å²) in [6.07, 6.45) is 0.440. The van der Waals surface area contributed by atoms with E-state index >= 15 is 0 Å². The summed E-state index contributed by atoms with van der Waals surface area (Å²) in [6.45, 7) is 10.5. The highest BCUT2D eigenvalue weighted by Gasteiger charge is 2.52. The fourth-order valence-corrected chi connectivity index (χ4v) is 1.61. The van der Waals surface area contributed by atoms with Crippen LogP contribution in [-0.4, -0.2) is 29.6 Å². The van der Waals surface area contributed by atoms with Gasteiger partial charge >= 0.3 is 5.97 Å². The molecule has 0 aliphatic heterocycles. The van der Waals surface area contributed by atoms with Crippen LogP contribution in [0.25, 0.3) is 0 Å². The molecule has 1 N–H and O–H groups in total. The van der Waals surface area contributed by atoms with Crippen LogP contribution in [0, 0.1) is 5.41 Å². The van der Waals surface area contributed by atoms with Gasteiger partial charge in [-0.1, -0.05) is 27.4 Å². The Labute approximate surface area is 89.9 Å². The number of carboxylic acids is 1. The van der Waals surface area contributed by atoms with Gasteiger partial charge in [0.1, 0.15) is 6.29 Å². The van der Waals surface area contributed by atoms with Crippen LogP contribution < -0.4 is 0 Å². The molecule has 0 aliphatic carbocycles. The molecule has 0 rings (SSSR count). The molecule has 4 heteroatoms. The molecule has 0 radical (unpaired) electrons. The zero-order valence-electron chi connectivity index (χ0n) is 9.66. The highest BCUT2D eigenvalue weighted by Crippen LogP contribution is 2.38. The van der Waals surface area contributed by atoms with Crippen molar-refractivity contribution >= 4 is 12.3 Å². The van der Waals surface area contributed by atoms with Gasteiger partial charge in [0.25, 0.3) is 0 Å². The summed E-state index contributed by atoms with van der Waals surface area (Å²) in [6, 6.07) is 0. The Balaban J connectivity index is 5.58. The third-order valence-electron chi connectivity index (χ3n) is 2.31. The molecule has 0 saturated carbocycles. The van der Waals surface area contributed by atoms with Crippen molar-refractivity contribution in [3.63, 3.8) is 0 Å². The Morgan fingerprint density at radius 2 is 1.93 bits per heavy atom. The van der Waals surface area contributed by atoms with Gasteiger partial charge in [-0.25, -0.2) is 4.79 Å². The van der Waals surface area contributed by atoms with E-state index in [1.807, 2.05) is 0 Å². The van der Waals surface area contributed by atoms with E-state index in [-0.39, 0.29) is 12.2 Å². The monoisotopic (exact) mass is 214 g/mol. The molecule has 1 atom stereocenters. The fraction of sp³-hybridized carbons (Fsp3) is 0.636. The van der Waals surface area contributed by atoms with Gasteiger partial charge < -0.3 is 9.84 Å². The lowest BCUT2D eigenvalue weighted by Crippen LogP contribution is -2.54. The molecule has 0 aromatic carbocycles. The van der Waals surface area contributed by atoms with E-state index in [2.05, 4.69) is 6.58 Å². The van der Waals surface area contributed by atoms with E-state index in [0.29, 0.717) is 6.29 Å². The highest BCUT2D eigenvalue weighted by molar-refractivity contribution is 5.93. The summed E-state index contributed by atoms with van der Waals surface area (Å²) in [4.78, 5) is 22.0. The maximum absolute atomic E-state index is 11.3. The summed E-state index contributed by atoms with van der Waals surface area (Å²) < 4.78 is 5.28. The largest absolute Gasteiger partial charge is 0.479 e. The SMILES string of the molecule is C=C(C=O)C(OCC)(C(=O)O)C(C)(C)C. The maximum Gasteiger partial charge on any atom is 0.341 e. The number of hydrogen-bond donors (Lipinski definition) is 1. The van der Waals surface area contributed by atoms with E-state index in [0.717, 1.165) is 0 Å². The number of carbonyl (C=O) groups is 2. The molecule has 0 aromatic heterocycles. The summed E-state index contributed by atoms with van der Waals surface area (Å²) in [5.41, 5.74) is -2.46. The first-order valence-corrected chi connectivity index (χ1v) is 4.76. The zero-order valence-corrected chi connectivity index (χ0v) is 9.66. The van der Waals surface area contributed by atoms with Crippen molar-refractivity contribution in [2.75, 3.05) is 6.61 Å². The van der Waals surface area contributed by atoms with Crippen LogP contribution in [-0.2, 0) is 14.3 Å². The average molecular weight is 214 g/mol. The number of aliphatic carboxylic acids is 1. The van der Waals surface area contributed by atoms with Gasteiger partial charge in [-0.05, 0) is 6.92 Å². The van der Waals surface area contributed by atoms with Gasteiger partial charge in [-0.2, -0.15) is 0 Å². The fourth-order valence-electron chi connectivity index (χ4n) is 1.61. The number of rotatable bonds is 5. The third-order valence-corrected chi connectivity index (χ3v) is 2.31. The topological polar surface area (TPSA) is 63.6 Å². The Morgan fingerprint density at radius 1 is 1.47 bits per heavy atom. The number of ether oxygens (including phenoxy) is 1. The van der Waals surface area contributed by atoms with E-state index in [9.17, 15) is 14.7 Å². The number of hydrogen-bond acceptors (Lipinski definition) is 3. The van der Waals surface area contributed by atoms with Crippen molar-refractivity contribution in [3.8, 4) is 0 Å². The number of aldehydes is 1. The molecule has 0 fully saturated rings. The predicted octanol–water partition coefficient (Wildman–Crippen LogP) is 1.65.